The van der Waals surface area contributed by atoms with Gasteiger partial charge in [0.1, 0.15) is 5.82 Å². The summed E-state index contributed by atoms with van der Waals surface area (Å²) in [4.78, 5) is 11.0. The average molecular weight is 617 g/mol. The van der Waals surface area contributed by atoms with Gasteiger partial charge in [0.25, 0.3) is 0 Å². The maximum absolute atomic E-state index is 13.0. The molecule has 2 aliphatic rings. The molecule has 7 heteroatoms. The van der Waals surface area contributed by atoms with Crippen LogP contribution >= 0.6 is 0 Å². The largest absolute Gasteiger partial charge is 0.382 e. The van der Waals surface area contributed by atoms with E-state index in [0.29, 0.717) is 25.4 Å². The lowest BCUT2D eigenvalue weighted by Crippen LogP contribution is -2.53. The molecule has 4 aromatic carbocycles. The second-order valence-corrected chi connectivity index (χ2v) is 13.9. The number of anilines is 2. The molecular formula is C38H40N4O2S. The monoisotopic (exact) mass is 616 g/mol. The fourth-order valence-corrected chi connectivity index (χ4v) is 7.89. The van der Waals surface area contributed by atoms with Gasteiger partial charge in [-0.05, 0) is 48.2 Å². The number of hydrogen-bond acceptors (Lipinski definition) is 6. The van der Waals surface area contributed by atoms with E-state index < -0.39 is 10.8 Å². The molecule has 1 aromatic heterocycles. The van der Waals surface area contributed by atoms with Gasteiger partial charge in [-0.3, -0.25) is 9.11 Å². The van der Waals surface area contributed by atoms with Gasteiger partial charge in [-0.15, -0.1) is 0 Å². The molecule has 2 unspecified atom stereocenters. The fourth-order valence-electron chi connectivity index (χ4n) is 6.63. The predicted octanol–water partition coefficient (Wildman–Crippen LogP) is 6.94. The third-order valence-corrected chi connectivity index (χ3v) is 10.6. The summed E-state index contributed by atoms with van der Waals surface area (Å²) >= 11 is 0. The van der Waals surface area contributed by atoms with Crippen molar-refractivity contribution in [1.29, 1.82) is 0 Å². The van der Waals surface area contributed by atoms with Gasteiger partial charge < -0.3 is 15.0 Å². The van der Waals surface area contributed by atoms with E-state index in [2.05, 4.69) is 113 Å². The molecule has 3 heterocycles. The van der Waals surface area contributed by atoms with Gasteiger partial charge in [-0.25, -0.2) is 4.98 Å². The summed E-state index contributed by atoms with van der Waals surface area (Å²) in [7, 11) is -1.02. The van der Waals surface area contributed by atoms with E-state index in [4.69, 9.17) is 9.72 Å². The molecule has 6 nitrogen and oxygen atoms in total. The quantitative estimate of drug-likeness (QED) is 0.194. The van der Waals surface area contributed by atoms with Crippen molar-refractivity contribution in [2.45, 2.75) is 43.4 Å². The Balaban J connectivity index is 1.23. The summed E-state index contributed by atoms with van der Waals surface area (Å²) < 4.78 is 19.2. The van der Waals surface area contributed by atoms with Gasteiger partial charge in [0.2, 0.25) is 0 Å². The van der Waals surface area contributed by atoms with E-state index in [1.54, 1.807) is 0 Å². The maximum Gasteiger partial charge on any atom is 0.131 e. The SMILES string of the molecule is Cc1ccc2nc(N3CCS(=O)c4ccccc4C3)cc(NCC3(N(Cc4ccccc4)Cc4ccccc4)CCOC3)c2c1. The molecule has 45 heavy (non-hydrogen) atoms. The minimum atomic E-state index is -1.02. The molecule has 2 atom stereocenters. The first-order valence-corrected chi connectivity index (χ1v) is 17.2. The van der Waals surface area contributed by atoms with E-state index in [9.17, 15) is 4.21 Å². The van der Waals surface area contributed by atoms with Crippen LogP contribution in [0.15, 0.2) is 114 Å². The van der Waals surface area contributed by atoms with Crippen molar-refractivity contribution in [3.8, 4) is 0 Å². The number of fused-ring (bicyclic) bond motifs is 2. The standard InChI is InChI=1S/C38H40N4O2S/c1-29-16-17-34-33(22-29)35(23-37(40-34)41-19-21-45(43)36-15-9-8-14-32(36)26-41)39-27-38(18-20-44-28-38)42(24-30-10-4-2-5-11-30)25-31-12-6-3-7-13-31/h2-17,22-23H,18-21,24-28H2,1H3,(H,39,40). The normalized spacial score (nSPS) is 19.9. The molecule has 1 fully saturated rings. The third-order valence-electron chi connectivity index (χ3n) is 9.19. The first kappa shape index (κ1) is 29.7. The number of benzene rings is 4. The van der Waals surface area contributed by atoms with Crippen LogP contribution in [0.25, 0.3) is 10.9 Å². The number of rotatable bonds is 9. The smallest absolute Gasteiger partial charge is 0.131 e. The lowest BCUT2D eigenvalue weighted by atomic mass is 9.93. The van der Waals surface area contributed by atoms with Gasteiger partial charge in [0.05, 0.1) is 28.5 Å². The topological polar surface area (TPSA) is 57.7 Å². The number of hydrogen-bond donors (Lipinski definition) is 1. The van der Waals surface area contributed by atoms with E-state index in [-0.39, 0.29) is 5.54 Å². The number of pyridine rings is 1. The van der Waals surface area contributed by atoms with Gasteiger partial charge in [0.15, 0.2) is 0 Å². The number of aryl methyl sites for hydroxylation is 1. The summed E-state index contributed by atoms with van der Waals surface area (Å²) in [5, 5.41) is 5.04. The van der Waals surface area contributed by atoms with Gasteiger partial charge >= 0.3 is 0 Å². The van der Waals surface area contributed by atoms with Crippen molar-refractivity contribution in [2.75, 3.05) is 42.3 Å². The van der Waals surface area contributed by atoms with Crippen molar-refractivity contribution in [2.24, 2.45) is 0 Å². The number of aromatic nitrogens is 1. The van der Waals surface area contributed by atoms with Crippen molar-refractivity contribution in [1.82, 2.24) is 9.88 Å². The zero-order valence-electron chi connectivity index (χ0n) is 25.8. The first-order chi connectivity index (χ1) is 22.1. The second-order valence-electron chi connectivity index (χ2n) is 12.3. The molecule has 0 bridgehead atoms. The van der Waals surface area contributed by atoms with Crippen LogP contribution in [0.3, 0.4) is 0 Å². The van der Waals surface area contributed by atoms with Crippen molar-refractivity contribution >= 4 is 33.2 Å². The lowest BCUT2D eigenvalue weighted by molar-refractivity contribution is 0.0616. The van der Waals surface area contributed by atoms with Crippen LogP contribution < -0.4 is 10.2 Å². The summed E-state index contributed by atoms with van der Waals surface area (Å²) in [5.74, 6) is 1.49. The molecule has 230 valence electrons. The molecule has 7 rings (SSSR count). The van der Waals surface area contributed by atoms with Crippen LogP contribution in [-0.2, 0) is 35.2 Å². The van der Waals surface area contributed by atoms with E-state index in [1.165, 1.54) is 16.7 Å². The van der Waals surface area contributed by atoms with Crippen LogP contribution in [0.5, 0.6) is 0 Å². The Morgan fingerprint density at radius 3 is 2.33 bits per heavy atom. The van der Waals surface area contributed by atoms with Crippen molar-refractivity contribution < 1.29 is 8.95 Å². The van der Waals surface area contributed by atoms with Gasteiger partial charge in [0, 0.05) is 67.1 Å². The Morgan fingerprint density at radius 2 is 1.62 bits per heavy atom. The van der Waals surface area contributed by atoms with Gasteiger partial charge in [-0.1, -0.05) is 90.5 Å². The summed E-state index contributed by atoms with van der Waals surface area (Å²) in [6, 6.07) is 38.3. The highest BCUT2D eigenvalue weighted by Crippen LogP contribution is 2.34. The van der Waals surface area contributed by atoms with Crippen LogP contribution in [0.4, 0.5) is 11.5 Å². The molecule has 0 spiro atoms. The molecule has 0 aliphatic carbocycles. The van der Waals surface area contributed by atoms with E-state index in [1.807, 2.05) is 18.2 Å². The number of nitrogens with one attached hydrogen (secondary N) is 1. The zero-order chi connectivity index (χ0) is 30.6. The highest BCUT2D eigenvalue weighted by molar-refractivity contribution is 7.85. The van der Waals surface area contributed by atoms with E-state index in [0.717, 1.165) is 65.5 Å². The Kier molecular flexibility index (Phi) is 8.66. The Hall–Kier alpha value is -4.04. The molecule has 0 saturated carbocycles. The molecular weight excluding hydrogens is 577 g/mol. The summed E-state index contributed by atoms with van der Waals surface area (Å²) in [5.41, 5.74) is 6.74. The molecule has 5 aromatic rings. The van der Waals surface area contributed by atoms with Crippen LogP contribution in [0.2, 0.25) is 0 Å². The van der Waals surface area contributed by atoms with Gasteiger partial charge in [-0.2, -0.15) is 0 Å². The Labute approximate surface area is 268 Å². The minimum absolute atomic E-state index is 0.191. The molecule has 1 saturated heterocycles. The average Bonchev–Trinajstić information content (AvgIpc) is 3.49. The molecule has 0 radical (unpaired) electrons. The Bertz CT molecular complexity index is 1750. The molecule has 2 aliphatic heterocycles. The highest BCUT2D eigenvalue weighted by Gasteiger charge is 2.41. The minimum Gasteiger partial charge on any atom is -0.382 e. The van der Waals surface area contributed by atoms with E-state index >= 15 is 0 Å². The lowest BCUT2D eigenvalue weighted by Gasteiger charge is -2.41. The van der Waals surface area contributed by atoms with Crippen LogP contribution in [0, 0.1) is 6.92 Å². The Morgan fingerprint density at radius 1 is 0.911 bits per heavy atom. The zero-order valence-corrected chi connectivity index (χ0v) is 26.6. The van der Waals surface area contributed by atoms with Crippen molar-refractivity contribution in [3.05, 3.63) is 131 Å². The first-order valence-electron chi connectivity index (χ1n) is 15.8. The number of ether oxygens (including phenoxy) is 1. The van der Waals surface area contributed by atoms with Crippen molar-refractivity contribution in [3.63, 3.8) is 0 Å². The second kappa shape index (κ2) is 13.1. The molecule has 0 amide bonds. The van der Waals surface area contributed by atoms with Crippen LogP contribution in [-0.4, -0.2) is 51.7 Å². The summed E-state index contributed by atoms with van der Waals surface area (Å²) in [6.07, 6.45) is 0.948. The highest BCUT2D eigenvalue weighted by atomic mass is 32.2. The summed E-state index contributed by atoms with van der Waals surface area (Å²) in [6.45, 7) is 7.34. The van der Waals surface area contributed by atoms with Crippen LogP contribution in [0.1, 0.15) is 28.7 Å². The third kappa shape index (κ3) is 6.52. The molecule has 1 N–H and O–H groups in total. The number of nitrogens with zero attached hydrogens (tertiary/aromatic N) is 3. The predicted molar refractivity (Wildman–Crippen MR) is 184 cm³/mol. The fraction of sp³-hybridized carbons (Fsp3) is 0.289. The maximum atomic E-state index is 13.0.